The number of thiol groups is 2. The van der Waals surface area contributed by atoms with Crippen molar-refractivity contribution >= 4 is 47.8 Å². The highest BCUT2D eigenvalue weighted by molar-refractivity contribution is 14.1. The average Bonchev–Trinajstić information content (AvgIpc) is 2.42. The Hall–Kier alpha value is 0.710. The highest BCUT2D eigenvalue weighted by atomic mass is 127. The van der Waals surface area contributed by atoms with E-state index < -0.39 is 0 Å². The normalized spacial score (nSPS) is 11.7. The molecule has 0 aliphatic carbocycles. The van der Waals surface area contributed by atoms with E-state index in [0.717, 1.165) is 4.43 Å². The van der Waals surface area contributed by atoms with Crippen molar-refractivity contribution in [3.63, 3.8) is 0 Å². The Bertz CT molecular complexity index is 318. The highest BCUT2D eigenvalue weighted by Gasteiger charge is 2.15. The number of hydrogen-bond acceptors (Lipinski definition) is 2. The zero-order chi connectivity index (χ0) is 10.9. The van der Waals surface area contributed by atoms with Gasteiger partial charge in [0.1, 0.15) is 4.71 Å². The Morgan fingerprint density at radius 3 is 2.29 bits per heavy atom. The van der Waals surface area contributed by atoms with E-state index >= 15 is 0 Å². The number of alkyl halides is 1. The van der Waals surface area contributed by atoms with Crippen LogP contribution in [0, 0.1) is 6.92 Å². The van der Waals surface area contributed by atoms with Gasteiger partial charge in [0, 0.05) is 15.8 Å². The number of rotatable bonds is 3. The van der Waals surface area contributed by atoms with Crippen molar-refractivity contribution in [1.29, 1.82) is 0 Å². The standard InChI is InChI=1S/C10H16INS2/c1-6(2)9-4-8(5-11)12(7(9)3)10(13)14/h4,6,10,13-14H,5H2,1-3H3. The summed E-state index contributed by atoms with van der Waals surface area (Å²) in [5.41, 5.74) is 4.01. The SMILES string of the molecule is Cc1c(C(C)C)cc(CI)n1C(S)S. The molecule has 0 bridgehead atoms. The first kappa shape index (κ1) is 12.8. The van der Waals surface area contributed by atoms with Crippen LogP contribution in [0.25, 0.3) is 0 Å². The Morgan fingerprint density at radius 2 is 2.00 bits per heavy atom. The minimum absolute atomic E-state index is 0.0349. The predicted molar refractivity (Wildman–Crippen MR) is 78.0 cm³/mol. The minimum Gasteiger partial charge on any atom is -0.327 e. The van der Waals surface area contributed by atoms with E-state index in [4.69, 9.17) is 0 Å². The molecule has 1 rings (SSSR count). The maximum absolute atomic E-state index is 4.39. The highest BCUT2D eigenvalue weighted by Crippen LogP contribution is 2.30. The lowest BCUT2D eigenvalue weighted by atomic mass is 10.0. The lowest BCUT2D eigenvalue weighted by Crippen LogP contribution is -2.03. The van der Waals surface area contributed by atoms with Crippen molar-refractivity contribution in [2.24, 2.45) is 0 Å². The molecule has 1 aromatic rings. The molecule has 0 radical (unpaired) electrons. The predicted octanol–water partition coefficient (Wildman–Crippen LogP) is 4.17. The van der Waals surface area contributed by atoms with Gasteiger partial charge in [-0.2, -0.15) is 0 Å². The number of halogens is 1. The summed E-state index contributed by atoms with van der Waals surface area (Å²) in [7, 11) is 0. The summed E-state index contributed by atoms with van der Waals surface area (Å²) in [5.74, 6) is 0.568. The third-order valence-electron chi connectivity index (χ3n) is 2.40. The molecular formula is C10H16INS2. The molecule has 0 spiro atoms. The van der Waals surface area contributed by atoms with E-state index in [2.05, 4.69) is 79.3 Å². The van der Waals surface area contributed by atoms with Crippen LogP contribution in [0.4, 0.5) is 0 Å². The first-order valence-electron chi connectivity index (χ1n) is 4.61. The second-order valence-corrected chi connectivity index (χ2v) is 5.83. The lowest BCUT2D eigenvalue weighted by Gasteiger charge is -2.13. The summed E-state index contributed by atoms with van der Waals surface area (Å²) >= 11 is 11.2. The molecule has 0 saturated heterocycles. The van der Waals surface area contributed by atoms with Gasteiger partial charge in [0.25, 0.3) is 0 Å². The van der Waals surface area contributed by atoms with Gasteiger partial charge in [0.15, 0.2) is 0 Å². The molecule has 4 heteroatoms. The van der Waals surface area contributed by atoms with Gasteiger partial charge < -0.3 is 4.57 Å². The summed E-state index contributed by atoms with van der Waals surface area (Å²) in [5, 5.41) is 0. The van der Waals surface area contributed by atoms with Crippen molar-refractivity contribution in [1.82, 2.24) is 4.57 Å². The second kappa shape index (κ2) is 5.16. The van der Waals surface area contributed by atoms with Crippen LogP contribution in [-0.4, -0.2) is 4.57 Å². The second-order valence-electron chi connectivity index (χ2n) is 3.68. The van der Waals surface area contributed by atoms with Gasteiger partial charge in [-0.3, -0.25) is 0 Å². The van der Waals surface area contributed by atoms with Gasteiger partial charge in [-0.25, -0.2) is 0 Å². The Kier molecular flexibility index (Phi) is 4.71. The largest absolute Gasteiger partial charge is 0.327 e. The molecule has 1 nitrogen and oxygen atoms in total. The zero-order valence-electron chi connectivity index (χ0n) is 8.66. The molecule has 14 heavy (non-hydrogen) atoms. The van der Waals surface area contributed by atoms with E-state index in [-0.39, 0.29) is 4.71 Å². The fourth-order valence-electron chi connectivity index (χ4n) is 1.72. The fourth-order valence-corrected chi connectivity index (χ4v) is 2.95. The molecule has 0 saturated carbocycles. The van der Waals surface area contributed by atoms with Crippen LogP contribution in [0.15, 0.2) is 6.07 Å². The molecule has 0 unspecified atom stereocenters. The number of nitrogens with zero attached hydrogens (tertiary/aromatic N) is 1. The molecule has 0 N–H and O–H groups in total. The molecule has 0 aromatic carbocycles. The lowest BCUT2D eigenvalue weighted by molar-refractivity contribution is 0.788. The van der Waals surface area contributed by atoms with Gasteiger partial charge in [-0.1, -0.05) is 36.4 Å². The van der Waals surface area contributed by atoms with Crippen molar-refractivity contribution in [2.75, 3.05) is 0 Å². The summed E-state index contributed by atoms with van der Waals surface area (Å²) < 4.78 is 3.16. The minimum atomic E-state index is -0.0349. The van der Waals surface area contributed by atoms with E-state index in [1.807, 2.05) is 0 Å². The average molecular weight is 341 g/mol. The molecule has 1 heterocycles. The molecule has 0 aliphatic heterocycles. The molecular weight excluding hydrogens is 325 g/mol. The summed E-state index contributed by atoms with van der Waals surface area (Å²) in [4.78, 5) is 0. The molecule has 80 valence electrons. The third-order valence-corrected chi connectivity index (χ3v) is 3.64. The van der Waals surface area contributed by atoms with Gasteiger partial charge in [0.2, 0.25) is 0 Å². The van der Waals surface area contributed by atoms with Crippen molar-refractivity contribution < 1.29 is 0 Å². The number of hydrogen-bond donors (Lipinski definition) is 2. The van der Waals surface area contributed by atoms with Gasteiger partial charge in [0.05, 0.1) is 0 Å². The van der Waals surface area contributed by atoms with Gasteiger partial charge in [-0.05, 0) is 24.5 Å². The van der Waals surface area contributed by atoms with Crippen LogP contribution >= 0.6 is 47.8 Å². The maximum Gasteiger partial charge on any atom is 0.120 e. The Labute approximate surface area is 111 Å². The van der Waals surface area contributed by atoms with Crippen LogP contribution in [0.1, 0.15) is 41.4 Å². The third kappa shape index (κ3) is 2.44. The summed E-state index contributed by atoms with van der Waals surface area (Å²) in [6, 6.07) is 2.27. The van der Waals surface area contributed by atoms with E-state index in [0.29, 0.717) is 5.92 Å². The van der Waals surface area contributed by atoms with Crippen molar-refractivity contribution in [3.8, 4) is 0 Å². The smallest absolute Gasteiger partial charge is 0.120 e. The molecule has 0 fully saturated rings. The van der Waals surface area contributed by atoms with E-state index in [1.165, 1.54) is 17.0 Å². The van der Waals surface area contributed by atoms with Crippen molar-refractivity contribution in [2.45, 2.75) is 35.8 Å². The van der Waals surface area contributed by atoms with E-state index in [9.17, 15) is 0 Å². The van der Waals surface area contributed by atoms with Crippen LogP contribution in [0.3, 0.4) is 0 Å². The van der Waals surface area contributed by atoms with Gasteiger partial charge in [-0.15, -0.1) is 25.3 Å². The number of aromatic nitrogens is 1. The van der Waals surface area contributed by atoms with Crippen molar-refractivity contribution in [3.05, 3.63) is 23.0 Å². The monoisotopic (exact) mass is 341 g/mol. The van der Waals surface area contributed by atoms with E-state index in [1.54, 1.807) is 0 Å². The molecule has 0 amide bonds. The molecule has 1 aromatic heterocycles. The van der Waals surface area contributed by atoms with Gasteiger partial charge >= 0.3 is 0 Å². The topological polar surface area (TPSA) is 4.93 Å². The fraction of sp³-hybridized carbons (Fsp3) is 0.600. The Morgan fingerprint density at radius 1 is 1.43 bits per heavy atom. The quantitative estimate of drug-likeness (QED) is 0.352. The first-order chi connectivity index (χ1) is 6.49. The van der Waals surface area contributed by atoms with Crippen LogP contribution in [0.5, 0.6) is 0 Å². The van der Waals surface area contributed by atoms with Crippen LogP contribution in [0.2, 0.25) is 0 Å². The van der Waals surface area contributed by atoms with Crippen LogP contribution < -0.4 is 0 Å². The summed E-state index contributed by atoms with van der Waals surface area (Å²) in [6.07, 6.45) is 0. The zero-order valence-corrected chi connectivity index (χ0v) is 12.6. The molecule has 0 aliphatic rings. The summed E-state index contributed by atoms with van der Waals surface area (Å²) in [6.45, 7) is 6.58. The Balaban J connectivity index is 3.25. The molecule has 0 atom stereocenters. The maximum atomic E-state index is 4.39. The van der Waals surface area contributed by atoms with Crippen LogP contribution in [-0.2, 0) is 4.43 Å². The first-order valence-corrected chi connectivity index (χ1v) is 7.17.